The first-order chi connectivity index (χ1) is 10.2. The summed E-state index contributed by atoms with van der Waals surface area (Å²) >= 11 is 0. The van der Waals surface area contributed by atoms with Crippen LogP contribution in [0.3, 0.4) is 0 Å². The predicted molar refractivity (Wildman–Crippen MR) is 61.9 cm³/mol. The Morgan fingerprint density at radius 1 is 0.957 bits per heavy atom. The van der Waals surface area contributed by atoms with Gasteiger partial charge in [0.25, 0.3) is 0 Å². The third-order valence-corrected chi connectivity index (χ3v) is 2.73. The number of alkyl halides is 7. The van der Waals surface area contributed by atoms with Crippen LogP contribution in [-0.4, -0.2) is 43.2 Å². The molecular formula is C12H15F7O4. The van der Waals surface area contributed by atoms with E-state index in [1.54, 1.807) is 6.92 Å². The van der Waals surface area contributed by atoms with E-state index in [1.807, 2.05) is 0 Å². The van der Waals surface area contributed by atoms with Crippen LogP contribution >= 0.6 is 0 Å². The maximum atomic E-state index is 13.0. The van der Waals surface area contributed by atoms with Gasteiger partial charge in [-0.2, -0.15) is 30.7 Å². The molecule has 0 aliphatic heterocycles. The van der Waals surface area contributed by atoms with Crippen LogP contribution in [0.2, 0.25) is 0 Å². The summed E-state index contributed by atoms with van der Waals surface area (Å²) in [6.45, 7) is 1.67. The molecule has 0 amide bonds. The van der Waals surface area contributed by atoms with Crippen LogP contribution in [-0.2, 0) is 19.1 Å². The summed E-state index contributed by atoms with van der Waals surface area (Å²) in [7, 11) is 0. The molecule has 136 valence electrons. The molecular weight excluding hydrogens is 341 g/mol. The van der Waals surface area contributed by atoms with Gasteiger partial charge in [0.1, 0.15) is 13.2 Å². The van der Waals surface area contributed by atoms with Gasteiger partial charge in [-0.3, -0.25) is 4.79 Å². The van der Waals surface area contributed by atoms with Crippen LogP contribution in [0.15, 0.2) is 0 Å². The highest BCUT2D eigenvalue weighted by Crippen LogP contribution is 2.42. The topological polar surface area (TPSA) is 52.6 Å². The lowest BCUT2D eigenvalue weighted by molar-refractivity contribution is -0.299. The van der Waals surface area contributed by atoms with Gasteiger partial charge >= 0.3 is 30.0 Å². The van der Waals surface area contributed by atoms with Gasteiger partial charge in [0.2, 0.25) is 0 Å². The lowest BCUT2D eigenvalue weighted by Crippen LogP contribution is -2.45. The number of carbonyl (C=O) groups is 2. The predicted octanol–water partition coefficient (Wildman–Crippen LogP) is 3.34. The number of hydrogen-bond donors (Lipinski definition) is 0. The van der Waals surface area contributed by atoms with Crippen LogP contribution in [0, 0.1) is 5.92 Å². The second-order valence-corrected chi connectivity index (χ2v) is 4.70. The lowest BCUT2D eigenvalue weighted by atomic mass is 10.1. The Bertz CT molecular complexity index is 420. The fraction of sp³-hybridized carbons (Fsp3) is 0.833. The van der Waals surface area contributed by atoms with Crippen LogP contribution in [0.5, 0.6) is 0 Å². The van der Waals surface area contributed by atoms with Crippen LogP contribution < -0.4 is 0 Å². The number of carbonyl (C=O) groups excluding carboxylic acids is 2. The maximum absolute atomic E-state index is 13.0. The number of hydrogen-bond acceptors (Lipinski definition) is 4. The van der Waals surface area contributed by atoms with E-state index in [2.05, 4.69) is 9.47 Å². The molecule has 1 atom stereocenters. The van der Waals surface area contributed by atoms with Gasteiger partial charge < -0.3 is 9.47 Å². The van der Waals surface area contributed by atoms with Crippen molar-refractivity contribution in [3.05, 3.63) is 0 Å². The van der Waals surface area contributed by atoms with Crippen molar-refractivity contribution in [2.75, 3.05) is 13.2 Å². The molecule has 0 aliphatic carbocycles. The zero-order chi connectivity index (χ0) is 18.5. The van der Waals surface area contributed by atoms with E-state index in [-0.39, 0.29) is 0 Å². The Morgan fingerprint density at radius 3 is 1.87 bits per heavy atom. The Morgan fingerprint density at radius 2 is 1.43 bits per heavy atom. The van der Waals surface area contributed by atoms with Crippen LogP contribution in [0.4, 0.5) is 30.7 Å². The highest BCUT2D eigenvalue weighted by molar-refractivity contribution is 5.77. The molecule has 0 bridgehead atoms. The van der Waals surface area contributed by atoms with Gasteiger partial charge in [-0.15, -0.1) is 0 Å². The Balaban J connectivity index is 4.42. The number of ether oxygens (including phenoxy) is 2. The average molecular weight is 356 g/mol. The number of esters is 2. The standard InChI is InChI=1S/C12H15F7O4/c1-3-7(2)8(20)22-4-5-23-9(21)10(13,14)6-11(15,16)12(17,18)19/h7H,3-6H2,1-2H3. The zero-order valence-corrected chi connectivity index (χ0v) is 12.2. The zero-order valence-electron chi connectivity index (χ0n) is 12.2. The van der Waals surface area contributed by atoms with E-state index >= 15 is 0 Å². The fourth-order valence-electron chi connectivity index (χ4n) is 1.14. The maximum Gasteiger partial charge on any atom is 0.453 e. The smallest absolute Gasteiger partial charge is 0.453 e. The average Bonchev–Trinajstić information content (AvgIpc) is 2.39. The van der Waals surface area contributed by atoms with Crippen molar-refractivity contribution in [3.8, 4) is 0 Å². The molecule has 0 spiro atoms. The third-order valence-electron chi connectivity index (χ3n) is 2.73. The molecule has 4 nitrogen and oxygen atoms in total. The minimum Gasteiger partial charge on any atom is -0.462 e. The van der Waals surface area contributed by atoms with Crippen LogP contribution in [0.1, 0.15) is 26.7 Å². The van der Waals surface area contributed by atoms with E-state index in [0.717, 1.165) is 0 Å². The van der Waals surface area contributed by atoms with E-state index < -0.39 is 55.5 Å². The molecule has 0 aromatic heterocycles. The fourth-order valence-corrected chi connectivity index (χ4v) is 1.14. The monoisotopic (exact) mass is 356 g/mol. The first kappa shape index (κ1) is 21.4. The first-order valence-corrected chi connectivity index (χ1v) is 6.41. The van der Waals surface area contributed by atoms with Crippen LogP contribution in [0.25, 0.3) is 0 Å². The second kappa shape index (κ2) is 7.82. The van der Waals surface area contributed by atoms with E-state index in [1.165, 1.54) is 6.92 Å². The molecule has 0 aromatic rings. The lowest BCUT2D eigenvalue weighted by Gasteiger charge is -2.23. The molecule has 0 heterocycles. The summed E-state index contributed by atoms with van der Waals surface area (Å²) in [5.41, 5.74) is 0. The van der Waals surface area contributed by atoms with E-state index in [4.69, 9.17) is 0 Å². The molecule has 0 fully saturated rings. The summed E-state index contributed by atoms with van der Waals surface area (Å²) < 4.78 is 95.1. The van der Waals surface area contributed by atoms with Crippen molar-refractivity contribution in [1.82, 2.24) is 0 Å². The summed E-state index contributed by atoms with van der Waals surface area (Å²) in [4.78, 5) is 22.1. The molecule has 0 aromatic carbocycles. The number of rotatable bonds is 8. The van der Waals surface area contributed by atoms with E-state index in [9.17, 15) is 40.3 Å². The van der Waals surface area contributed by atoms with Crippen molar-refractivity contribution in [2.45, 2.75) is 44.7 Å². The molecule has 23 heavy (non-hydrogen) atoms. The molecule has 0 radical (unpaired) electrons. The summed E-state index contributed by atoms with van der Waals surface area (Å²) in [5, 5.41) is 0. The molecule has 0 saturated carbocycles. The Labute approximate surface area is 126 Å². The van der Waals surface area contributed by atoms with Gasteiger partial charge in [-0.1, -0.05) is 13.8 Å². The molecule has 0 rings (SSSR count). The van der Waals surface area contributed by atoms with Gasteiger partial charge in [0.15, 0.2) is 0 Å². The van der Waals surface area contributed by atoms with E-state index in [0.29, 0.717) is 6.42 Å². The Kier molecular flexibility index (Phi) is 7.29. The summed E-state index contributed by atoms with van der Waals surface area (Å²) in [5.74, 6) is -14.5. The van der Waals surface area contributed by atoms with Crippen molar-refractivity contribution in [3.63, 3.8) is 0 Å². The minimum atomic E-state index is -6.22. The SMILES string of the molecule is CCC(C)C(=O)OCCOC(=O)C(F)(F)CC(F)(F)C(F)(F)F. The highest BCUT2D eigenvalue weighted by atomic mass is 19.4. The van der Waals surface area contributed by atoms with Gasteiger partial charge in [-0.05, 0) is 6.42 Å². The third kappa shape index (κ3) is 6.61. The first-order valence-electron chi connectivity index (χ1n) is 6.41. The normalized spacial score (nSPS) is 14.3. The van der Waals surface area contributed by atoms with Crippen molar-refractivity contribution >= 4 is 11.9 Å². The summed E-state index contributed by atoms with van der Waals surface area (Å²) in [6.07, 6.45) is -8.85. The molecule has 11 heteroatoms. The Hall–Kier alpha value is -1.55. The second-order valence-electron chi connectivity index (χ2n) is 4.70. The number of halogens is 7. The van der Waals surface area contributed by atoms with Crippen molar-refractivity contribution in [2.24, 2.45) is 5.92 Å². The molecule has 1 unspecified atom stereocenters. The molecule has 0 aliphatic rings. The molecule has 0 N–H and O–H groups in total. The van der Waals surface area contributed by atoms with Crippen molar-refractivity contribution < 1.29 is 49.8 Å². The van der Waals surface area contributed by atoms with Gasteiger partial charge in [0, 0.05) is 0 Å². The quantitative estimate of drug-likeness (QED) is 0.380. The highest BCUT2D eigenvalue weighted by Gasteiger charge is 2.63. The minimum absolute atomic E-state index is 0.434. The van der Waals surface area contributed by atoms with Crippen molar-refractivity contribution in [1.29, 1.82) is 0 Å². The van der Waals surface area contributed by atoms with Gasteiger partial charge in [-0.25, -0.2) is 4.79 Å². The molecule has 0 saturated heterocycles. The summed E-state index contributed by atoms with van der Waals surface area (Å²) in [6, 6.07) is 0. The largest absolute Gasteiger partial charge is 0.462 e. The van der Waals surface area contributed by atoms with Gasteiger partial charge in [0.05, 0.1) is 12.3 Å².